The highest BCUT2D eigenvalue weighted by Gasteiger charge is 2.30. The quantitative estimate of drug-likeness (QED) is 0.712. The van der Waals surface area contributed by atoms with Crippen LogP contribution in [0.2, 0.25) is 0 Å². The largest absolute Gasteiger partial charge is 0.467 e. The first kappa shape index (κ1) is 18.5. The fourth-order valence-corrected chi connectivity index (χ4v) is 2.99. The van der Waals surface area contributed by atoms with Crippen molar-refractivity contribution >= 4 is 11.8 Å². The van der Waals surface area contributed by atoms with Crippen molar-refractivity contribution in [1.29, 1.82) is 0 Å². The number of nitrogens with zero attached hydrogens (tertiary/aromatic N) is 1. The van der Waals surface area contributed by atoms with Crippen molar-refractivity contribution in [3.05, 3.63) is 24.2 Å². The van der Waals surface area contributed by atoms with Crippen molar-refractivity contribution in [3.63, 3.8) is 0 Å². The summed E-state index contributed by atoms with van der Waals surface area (Å²) in [5, 5.41) is 5.87. The van der Waals surface area contributed by atoms with Gasteiger partial charge in [0.25, 0.3) is 0 Å². The van der Waals surface area contributed by atoms with E-state index in [0.29, 0.717) is 25.7 Å². The third-order valence-corrected chi connectivity index (χ3v) is 4.60. The summed E-state index contributed by atoms with van der Waals surface area (Å²) in [6, 6.07) is 3.95. The molecule has 2 unspecified atom stereocenters. The lowest BCUT2D eigenvalue weighted by Crippen LogP contribution is -2.50. The minimum absolute atomic E-state index is 0.0177. The summed E-state index contributed by atoms with van der Waals surface area (Å²) in [7, 11) is 0. The fourth-order valence-electron chi connectivity index (χ4n) is 2.99. The van der Waals surface area contributed by atoms with Crippen molar-refractivity contribution in [2.45, 2.75) is 52.1 Å². The Labute approximate surface area is 144 Å². The molecule has 1 fully saturated rings. The zero-order valence-corrected chi connectivity index (χ0v) is 14.7. The van der Waals surface area contributed by atoms with E-state index in [1.54, 1.807) is 12.3 Å². The fraction of sp³-hybridized carbons (Fsp3) is 0.667. The van der Waals surface area contributed by atoms with E-state index in [-0.39, 0.29) is 17.7 Å². The van der Waals surface area contributed by atoms with E-state index in [1.807, 2.05) is 6.07 Å². The van der Waals surface area contributed by atoms with Crippen LogP contribution in [0.4, 0.5) is 0 Å². The Kier molecular flexibility index (Phi) is 7.31. The van der Waals surface area contributed by atoms with Gasteiger partial charge in [-0.1, -0.05) is 13.3 Å². The highest BCUT2D eigenvalue weighted by molar-refractivity contribution is 5.80. The van der Waals surface area contributed by atoms with Crippen LogP contribution >= 0.6 is 0 Å². The number of carbonyl (C=O) groups is 2. The van der Waals surface area contributed by atoms with Crippen LogP contribution in [0.3, 0.4) is 0 Å². The molecular weight excluding hydrogens is 306 g/mol. The van der Waals surface area contributed by atoms with Crippen LogP contribution in [0.5, 0.6) is 0 Å². The highest BCUT2D eigenvalue weighted by atomic mass is 16.3. The first-order valence-corrected chi connectivity index (χ1v) is 8.91. The monoisotopic (exact) mass is 335 g/mol. The Balaban J connectivity index is 1.77. The standard InChI is InChI=1S/C18H29N3O3/c1-3-4-9-19-18(23)15-8-7-14(2)21(12-15)13-17(22)20-11-16-6-5-10-24-16/h5-6,10,14-15H,3-4,7-9,11-13H2,1-2H3,(H,19,23)(H,20,22). The molecule has 0 bridgehead atoms. The molecule has 2 N–H and O–H groups in total. The van der Waals surface area contributed by atoms with Gasteiger partial charge in [-0.25, -0.2) is 0 Å². The number of nitrogens with one attached hydrogen (secondary N) is 2. The topological polar surface area (TPSA) is 74.6 Å². The van der Waals surface area contributed by atoms with E-state index in [2.05, 4.69) is 29.4 Å². The second kappa shape index (κ2) is 9.47. The van der Waals surface area contributed by atoms with Crippen molar-refractivity contribution in [2.24, 2.45) is 5.92 Å². The number of furan rings is 1. The number of rotatable bonds is 8. The van der Waals surface area contributed by atoms with Gasteiger partial charge in [-0.2, -0.15) is 0 Å². The Morgan fingerprint density at radius 3 is 2.88 bits per heavy atom. The van der Waals surface area contributed by atoms with Gasteiger partial charge in [0, 0.05) is 19.1 Å². The maximum absolute atomic E-state index is 12.2. The molecule has 2 heterocycles. The number of hydrogen-bond donors (Lipinski definition) is 2. The summed E-state index contributed by atoms with van der Waals surface area (Å²) < 4.78 is 5.21. The van der Waals surface area contributed by atoms with Crippen LogP contribution < -0.4 is 10.6 Å². The lowest BCUT2D eigenvalue weighted by molar-refractivity contribution is -0.130. The number of unbranched alkanes of at least 4 members (excludes halogenated alkanes) is 1. The lowest BCUT2D eigenvalue weighted by atomic mass is 9.92. The molecule has 1 aromatic rings. The molecule has 24 heavy (non-hydrogen) atoms. The molecule has 0 saturated carbocycles. The normalized spacial score (nSPS) is 21.4. The van der Waals surface area contributed by atoms with Gasteiger partial charge >= 0.3 is 0 Å². The van der Waals surface area contributed by atoms with E-state index >= 15 is 0 Å². The summed E-state index contributed by atoms with van der Waals surface area (Å²) in [6.07, 6.45) is 5.51. The average Bonchev–Trinajstić information content (AvgIpc) is 3.08. The van der Waals surface area contributed by atoms with Crippen molar-refractivity contribution in [3.8, 4) is 0 Å². The molecule has 1 aliphatic rings. The smallest absolute Gasteiger partial charge is 0.234 e. The van der Waals surface area contributed by atoms with Gasteiger partial charge < -0.3 is 15.1 Å². The molecule has 6 heteroatoms. The SMILES string of the molecule is CCCCNC(=O)C1CCC(C)N(CC(=O)NCc2ccco2)C1. The summed E-state index contributed by atoms with van der Waals surface area (Å²) in [5.74, 6) is 0.806. The predicted octanol–water partition coefficient (Wildman–Crippen LogP) is 1.91. The summed E-state index contributed by atoms with van der Waals surface area (Å²) in [5.41, 5.74) is 0. The molecule has 1 aromatic heterocycles. The molecule has 0 spiro atoms. The Morgan fingerprint density at radius 2 is 2.17 bits per heavy atom. The molecule has 134 valence electrons. The number of hydrogen-bond acceptors (Lipinski definition) is 4. The minimum Gasteiger partial charge on any atom is -0.467 e. The van der Waals surface area contributed by atoms with Gasteiger partial charge in [0.15, 0.2) is 0 Å². The molecule has 0 radical (unpaired) electrons. The molecule has 1 aliphatic heterocycles. The third-order valence-electron chi connectivity index (χ3n) is 4.60. The minimum atomic E-state index is -0.0368. The van der Waals surface area contributed by atoms with Crippen LogP contribution in [0.25, 0.3) is 0 Å². The van der Waals surface area contributed by atoms with Gasteiger partial charge in [0.2, 0.25) is 11.8 Å². The Morgan fingerprint density at radius 1 is 1.33 bits per heavy atom. The van der Waals surface area contributed by atoms with E-state index < -0.39 is 0 Å². The van der Waals surface area contributed by atoms with Crippen LogP contribution in [0.15, 0.2) is 22.8 Å². The van der Waals surface area contributed by atoms with Crippen LogP contribution in [0, 0.1) is 5.92 Å². The van der Waals surface area contributed by atoms with Crippen LogP contribution in [-0.4, -0.2) is 42.4 Å². The van der Waals surface area contributed by atoms with Crippen molar-refractivity contribution in [2.75, 3.05) is 19.6 Å². The van der Waals surface area contributed by atoms with Gasteiger partial charge in [-0.15, -0.1) is 0 Å². The number of piperidine rings is 1. The van der Waals surface area contributed by atoms with Gasteiger partial charge in [-0.05, 0) is 38.3 Å². The molecule has 2 rings (SSSR count). The second-order valence-electron chi connectivity index (χ2n) is 6.55. The maximum atomic E-state index is 12.2. The molecule has 2 atom stereocenters. The molecule has 2 amide bonds. The van der Waals surface area contributed by atoms with Gasteiger partial charge in [0.05, 0.1) is 25.3 Å². The highest BCUT2D eigenvalue weighted by Crippen LogP contribution is 2.21. The number of amides is 2. The Hall–Kier alpha value is -1.82. The Bertz CT molecular complexity index is 516. The van der Waals surface area contributed by atoms with Gasteiger partial charge in [-0.3, -0.25) is 14.5 Å². The van der Waals surface area contributed by atoms with Crippen molar-refractivity contribution in [1.82, 2.24) is 15.5 Å². The predicted molar refractivity (Wildman–Crippen MR) is 92.2 cm³/mol. The van der Waals surface area contributed by atoms with Gasteiger partial charge in [0.1, 0.15) is 5.76 Å². The molecule has 0 aromatic carbocycles. The second-order valence-corrected chi connectivity index (χ2v) is 6.55. The van der Waals surface area contributed by atoms with E-state index in [1.165, 1.54) is 0 Å². The first-order chi connectivity index (χ1) is 11.6. The molecule has 0 aliphatic carbocycles. The number of likely N-dealkylation sites (tertiary alicyclic amines) is 1. The first-order valence-electron chi connectivity index (χ1n) is 8.91. The van der Waals surface area contributed by atoms with Crippen LogP contribution in [-0.2, 0) is 16.1 Å². The maximum Gasteiger partial charge on any atom is 0.234 e. The van der Waals surface area contributed by atoms with Crippen LogP contribution in [0.1, 0.15) is 45.3 Å². The zero-order valence-electron chi connectivity index (χ0n) is 14.7. The van der Waals surface area contributed by atoms with Crippen molar-refractivity contribution < 1.29 is 14.0 Å². The molecule has 1 saturated heterocycles. The molecule has 6 nitrogen and oxygen atoms in total. The summed E-state index contributed by atoms with van der Waals surface area (Å²) in [4.78, 5) is 26.5. The average molecular weight is 335 g/mol. The van der Waals surface area contributed by atoms with E-state index in [4.69, 9.17) is 4.42 Å². The van der Waals surface area contributed by atoms with E-state index in [0.717, 1.165) is 38.0 Å². The van der Waals surface area contributed by atoms with E-state index in [9.17, 15) is 9.59 Å². The number of carbonyl (C=O) groups excluding carboxylic acids is 2. The zero-order chi connectivity index (χ0) is 17.4. The third kappa shape index (κ3) is 5.67. The summed E-state index contributed by atoms with van der Waals surface area (Å²) in [6.45, 7) is 6.33. The lowest BCUT2D eigenvalue weighted by Gasteiger charge is -2.36. The summed E-state index contributed by atoms with van der Waals surface area (Å²) >= 11 is 0. The molecular formula is C18H29N3O3.